The van der Waals surface area contributed by atoms with Gasteiger partial charge in [-0.3, -0.25) is 0 Å². The van der Waals surface area contributed by atoms with E-state index in [1.54, 1.807) is 0 Å². The summed E-state index contributed by atoms with van der Waals surface area (Å²) in [5.41, 5.74) is 4.10. The van der Waals surface area contributed by atoms with E-state index < -0.39 is 0 Å². The van der Waals surface area contributed by atoms with Gasteiger partial charge < -0.3 is 0 Å². The van der Waals surface area contributed by atoms with Crippen LogP contribution < -0.4 is 0 Å². The molecule has 0 unspecified atom stereocenters. The summed E-state index contributed by atoms with van der Waals surface area (Å²) in [6.07, 6.45) is 0. The van der Waals surface area contributed by atoms with Gasteiger partial charge in [0.25, 0.3) is 0 Å². The van der Waals surface area contributed by atoms with E-state index in [0.29, 0.717) is 0 Å². The Hall–Kier alpha value is -4.60. The van der Waals surface area contributed by atoms with Gasteiger partial charge in [-0.05, 0) is 28.3 Å². The number of fused-ring (bicyclic) bond motifs is 8. The van der Waals surface area contributed by atoms with Gasteiger partial charge in [-0.25, -0.2) is 9.97 Å². The Morgan fingerprint density at radius 1 is 0.486 bits per heavy atom. The van der Waals surface area contributed by atoms with Gasteiger partial charge in [-0.2, -0.15) is 0 Å². The lowest BCUT2D eigenvalue weighted by Gasteiger charge is -2.13. The highest BCUT2D eigenvalue weighted by molar-refractivity contribution is 7.26. The molecule has 37 heavy (non-hydrogen) atoms. The second-order valence-electron chi connectivity index (χ2n) is 9.39. The number of hydrogen-bond acceptors (Lipinski definition) is 3. The fourth-order valence-electron chi connectivity index (χ4n) is 5.57. The summed E-state index contributed by atoms with van der Waals surface area (Å²) in [5.74, 6) is 0.761. The standard InChI is InChI=1S/C34H20N2S/c1-2-10-23(11-3-1)32-31-24-13-5-4-9-21(24)18-20-28(31)35-34(36-32)27-15-8-12-22-17-19-26-25-14-6-7-16-29(25)37-33(26)30(22)27/h1-20H. The molecule has 172 valence electrons. The van der Waals surface area contributed by atoms with Gasteiger partial charge in [-0.15, -0.1) is 11.3 Å². The van der Waals surface area contributed by atoms with Gasteiger partial charge in [0, 0.05) is 42.1 Å². The molecule has 0 bridgehead atoms. The molecule has 0 fully saturated rings. The molecule has 0 radical (unpaired) electrons. The summed E-state index contributed by atoms with van der Waals surface area (Å²) in [6, 6.07) is 42.9. The summed E-state index contributed by atoms with van der Waals surface area (Å²) >= 11 is 1.85. The third-order valence-electron chi connectivity index (χ3n) is 7.26. The molecule has 8 rings (SSSR count). The maximum absolute atomic E-state index is 5.30. The molecule has 0 N–H and O–H groups in total. The van der Waals surface area contributed by atoms with Crippen molar-refractivity contribution in [3.8, 4) is 22.6 Å². The van der Waals surface area contributed by atoms with Crippen molar-refractivity contribution in [1.29, 1.82) is 0 Å². The SMILES string of the molecule is c1ccc(-c2nc(-c3cccc4ccc5c6ccccc6sc5c34)nc3ccc4ccccc4c23)cc1. The largest absolute Gasteiger partial charge is 0.228 e. The van der Waals surface area contributed by atoms with E-state index in [1.165, 1.54) is 41.7 Å². The van der Waals surface area contributed by atoms with Gasteiger partial charge in [0.1, 0.15) is 0 Å². The number of rotatable bonds is 2. The summed E-state index contributed by atoms with van der Waals surface area (Å²) in [5, 5.41) is 8.49. The summed E-state index contributed by atoms with van der Waals surface area (Å²) in [6.45, 7) is 0. The molecule has 0 aliphatic heterocycles. The Morgan fingerprint density at radius 2 is 1.24 bits per heavy atom. The highest BCUT2D eigenvalue weighted by Gasteiger charge is 2.17. The number of thiophene rings is 1. The quantitative estimate of drug-likeness (QED) is 0.226. The van der Waals surface area contributed by atoms with Crippen molar-refractivity contribution in [2.75, 3.05) is 0 Å². The van der Waals surface area contributed by atoms with Crippen molar-refractivity contribution in [3.05, 3.63) is 121 Å². The minimum absolute atomic E-state index is 0.761. The Balaban J connectivity index is 1.51. The van der Waals surface area contributed by atoms with Gasteiger partial charge in [0.05, 0.1) is 11.2 Å². The van der Waals surface area contributed by atoms with Crippen molar-refractivity contribution < 1.29 is 0 Å². The Morgan fingerprint density at radius 3 is 2.16 bits per heavy atom. The maximum Gasteiger partial charge on any atom is 0.161 e. The minimum atomic E-state index is 0.761. The van der Waals surface area contributed by atoms with Crippen molar-refractivity contribution >= 4 is 64.0 Å². The molecule has 8 aromatic rings. The zero-order chi connectivity index (χ0) is 24.3. The van der Waals surface area contributed by atoms with E-state index in [9.17, 15) is 0 Å². The van der Waals surface area contributed by atoms with Gasteiger partial charge in [0.2, 0.25) is 0 Å². The Bertz CT molecular complexity index is 2140. The third-order valence-corrected chi connectivity index (χ3v) is 8.47. The second-order valence-corrected chi connectivity index (χ2v) is 10.4. The topological polar surface area (TPSA) is 25.8 Å². The van der Waals surface area contributed by atoms with Crippen LogP contribution in [0.2, 0.25) is 0 Å². The second kappa shape index (κ2) is 7.95. The van der Waals surface area contributed by atoms with Crippen molar-refractivity contribution in [3.63, 3.8) is 0 Å². The fraction of sp³-hybridized carbons (Fsp3) is 0. The van der Waals surface area contributed by atoms with Crippen molar-refractivity contribution in [2.24, 2.45) is 0 Å². The van der Waals surface area contributed by atoms with Crippen LogP contribution in [0.15, 0.2) is 121 Å². The van der Waals surface area contributed by atoms with Crippen LogP contribution in [-0.2, 0) is 0 Å². The van der Waals surface area contributed by atoms with Gasteiger partial charge in [-0.1, -0.05) is 109 Å². The molecule has 2 aromatic heterocycles. The van der Waals surface area contributed by atoms with E-state index in [1.807, 2.05) is 11.3 Å². The van der Waals surface area contributed by atoms with Crippen LogP contribution >= 0.6 is 11.3 Å². The van der Waals surface area contributed by atoms with Gasteiger partial charge in [0.15, 0.2) is 5.82 Å². The molecule has 2 nitrogen and oxygen atoms in total. The van der Waals surface area contributed by atoms with Crippen LogP contribution in [0.25, 0.3) is 75.3 Å². The number of hydrogen-bond donors (Lipinski definition) is 0. The zero-order valence-electron chi connectivity index (χ0n) is 19.8. The van der Waals surface area contributed by atoms with E-state index in [4.69, 9.17) is 9.97 Å². The Labute approximate surface area is 217 Å². The molecule has 0 saturated heterocycles. The first-order chi connectivity index (χ1) is 18.3. The maximum atomic E-state index is 5.30. The molecule has 6 aromatic carbocycles. The van der Waals surface area contributed by atoms with E-state index in [0.717, 1.165) is 33.5 Å². The molecule has 0 atom stereocenters. The Kier molecular flexibility index (Phi) is 4.42. The molecule has 0 amide bonds. The first-order valence-corrected chi connectivity index (χ1v) is 13.2. The predicted octanol–water partition coefficient (Wildman–Crippen LogP) is 9.64. The molecular formula is C34H20N2S. The smallest absolute Gasteiger partial charge is 0.161 e. The van der Waals surface area contributed by atoms with E-state index >= 15 is 0 Å². The third kappa shape index (κ3) is 3.11. The average Bonchev–Trinajstić information content (AvgIpc) is 3.35. The van der Waals surface area contributed by atoms with E-state index in [-0.39, 0.29) is 0 Å². The van der Waals surface area contributed by atoms with Crippen LogP contribution in [0.4, 0.5) is 0 Å². The highest BCUT2D eigenvalue weighted by atomic mass is 32.1. The number of benzene rings is 6. The summed E-state index contributed by atoms with van der Waals surface area (Å²) < 4.78 is 2.59. The molecule has 0 spiro atoms. The molecule has 3 heteroatoms. The number of nitrogens with zero attached hydrogens (tertiary/aromatic N) is 2. The predicted molar refractivity (Wildman–Crippen MR) is 158 cm³/mol. The minimum Gasteiger partial charge on any atom is -0.228 e. The summed E-state index contributed by atoms with van der Waals surface area (Å²) in [7, 11) is 0. The highest BCUT2D eigenvalue weighted by Crippen LogP contribution is 2.42. The first kappa shape index (κ1) is 20.6. The van der Waals surface area contributed by atoms with Crippen LogP contribution in [0, 0.1) is 0 Å². The lowest BCUT2D eigenvalue weighted by atomic mass is 9.98. The van der Waals surface area contributed by atoms with Crippen molar-refractivity contribution in [1.82, 2.24) is 9.97 Å². The average molecular weight is 489 g/mol. The molecule has 0 aliphatic rings. The van der Waals surface area contributed by atoms with Crippen molar-refractivity contribution in [2.45, 2.75) is 0 Å². The van der Waals surface area contributed by atoms with Crippen LogP contribution in [0.5, 0.6) is 0 Å². The normalized spacial score (nSPS) is 11.8. The van der Waals surface area contributed by atoms with Crippen LogP contribution in [-0.4, -0.2) is 9.97 Å². The lowest BCUT2D eigenvalue weighted by molar-refractivity contribution is 1.24. The zero-order valence-corrected chi connectivity index (χ0v) is 20.7. The molecular weight excluding hydrogens is 468 g/mol. The molecule has 0 saturated carbocycles. The van der Waals surface area contributed by atoms with Gasteiger partial charge >= 0.3 is 0 Å². The summed E-state index contributed by atoms with van der Waals surface area (Å²) in [4.78, 5) is 10.5. The number of aromatic nitrogens is 2. The molecule has 0 aliphatic carbocycles. The first-order valence-electron chi connectivity index (χ1n) is 12.4. The lowest BCUT2D eigenvalue weighted by Crippen LogP contribution is -1.96. The van der Waals surface area contributed by atoms with E-state index in [2.05, 4.69) is 121 Å². The monoisotopic (exact) mass is 488 g/mol. The van der Waals surface area contributed by atoms with Crippen LogP contribution in [0.1, 0.15) is 0 Å². The molecule has 2 heterocycles. The van der Waals surface area contributed by atoms with Crippen LogP contribution in [0.3, 0.4) is 0 Å². The fourth-order valence-corrected chi connectivity index (χ4v) is 6.84.